The fourth-order valence-corrected chi connectivity index (χ4v) is 2.71. The van der Waals surface area contributed by atoms with Crippen molar-refractivity contribution in [3.05, 3.63) is 57.8 Å². The highest BCUT2D eigenvalue weighted by Crippen LogP contribution is 2.20. The summed E-state index contributed by atoms with van der Waals surface area (Å²) >= 11 is 0. The fraction of sp³-hybridized carbons (Fsp3) is 0.333. The van der Waals surface area contributed by atoms with Gasteiger partial charge in [-0.2, -0.15) is 0 Å². The quantitative estimate of drug-likeness (QED) is 0.782. The first-order chi connectivity index (χ1) is 9.15. The molecule has 19 heavy (non-hydrogen) atoms. The van der Waals surface area contributed by atoms with E-state index in [1.54, 1.807) is 22.9 Å². The van der Waals surface area contributed by atoms with E-state index in [4.69, 9.17) is 0 Å². The fourth-order valence-electron chi connectivity index (χ4n) is 2.71. The predicted molar refractivity (Wildman–Crippen MR) is 72.5 cm³/mol. The maximum absolute atomic E-state index is 12.2. The van der Waals surface area contributed by atoms with Gasteiger partial charge in [0.15, 0.2) is 5.78 Å². The summed E-state index contributed by atoms with van der Waals surface area (Å²) < 4.78 is 3.48. The molecule has 4 heteroatoms. The van der Waals surface area contributed by atoms with Crippen molar-refractivity contribution in [1.82, 2.24) is 9.13 Å². The van der Waals surface area contributed by atoms with Crippen LogP contribution in [0.25, 0.3) is 0 Å². The van der Waals surface area contributed by atoms with Crippen molar-refractivity contribution < 1.29 is 4.79 Å². The Kier molecular flexibility index (Phi) is 2.85. The lowest BCUT2D eigenvalue weighted by atomic mass is 10.2. The van der Waals surface area contributed by atoms with Gasteiger partial charge >= 0.3 is 0 Å². The number of aromatic nitrogens is 2. The second kappa shape index (κ2) is 4.53. The molecule has 0 unspecified atom stereocenters. The zero-order valence-corrected chi connectivity index (χ0v) is 10.9. The summed E-state index contributed by atoms with van der Waals surface area (Å²) in [7, 11) is 1.88. The Bertz CT molecular complexity index is 694. The number of hydrogen-bond acceptors (Lipinski definition) is 2. The third-order valence-electron chi connectivity index (χ3n) is 3.70. The van der Waals surface area contributed by atoms with Crippen LogP contribution in [0, 0.1) is 0 Å². The van der Waals surface area contributed by atoms with Crippen LogP contribution in [0.1, 0.15) is 28.0 Å². The number of fused-ring (bicyclic) bond motifs is 1. The van der Waals surface area contributed by atoms with Gasteiger partial charge in [-0.25, -0.2) is 0 Å². The molecular weight excluding hydrogens is 240 g/mol. The summed E-state index contributed by atoms with van der Waals surface area (Å²) in [6, 6.07) is 5.26. The normalized spacial score (nSPS) is 13.5. The highest BCUT2D eigenvalue weighted by molar-refractivity contribution is 5.95. The molecule has 0 spiro atoms. The molecular formula is C15H16N2O2. The van der Waals surface area contributed by atoms with Crippen molar-refractivity contribution in [2.45, 2.75) is 25.8 Å². The zero-order chi connectivity index (χ0) is 13.4. The molecule has 1 aliphatic carbocycles. The van der Waals surface area contributed by atoms with E-state index in [0.29, 0.717) is 5.56 Å². The van der Waals surface area contributed by atoms with Crippen molar-refractivity contribution in [3.63, 3.8) is 0 Å². The van der Waals surface area contributed by atoms with E-state index in [9.17, 15) is 9.59 Å². The van der Waals surface area contributed by atoms with Gasteiger partial charge in [0.25, 0.3) is 5.56 Å². The van der Waals surface area contributed by atoms with Gasteiger partial charge in [-0.1, -0.05) is 6.07 Å². The average molecular weight is 256 g/mol. The molecule has 0 aliphatic heterocycles. The van der Waals surface area contributed by atoms with Crippen LogP contribution in [-0.4, -0.2) is 14.9 Å². The van der Waals surface area contributed by atoms with Crippen molar-refractivity contribution in [2.24, 2.45) is 7.05 Å². The Morgan fingerprint density at radius 2 is 2.11 bits per heavy atom. The highest BCUT2D eigenvalue weighted by Gasteiger charge is 2.18. The molecule has 0 bridgehead atoms. The van der Waals surface area contributed by atoms with Crippen LogP contribution < -0.4 is 5.56 Å². The van der Waals surface area contributed by atoms with Crippen molar-refractivity contribution in [1.29, 1.82) is 0 Å². The summed E-state index contributed by atoms with van der Waals surface area (Å²) in [5.74, 6) is -0.0111. The SMILES string of the molecule is Cn1ccc(C(=O)Cn2c3c(ccc2=O)CCC3)c1. The van der Waals surface area contributed by atoms with Gasteiger partial charge in [0, 0.05) is 36.8 Å². The van der Waals surface area contributed by atoms with E-state index >= 15 is 0 Å². The summed E-state index contributed by atoms with van der Waals surface area (Å²) in [6.07, 6.45) is 6.60. The van der Waals surface area contributed by atoms with Gasteiger partial charge in [0.1, 0.15) is 0 Å². The largest absolute Gasteiger partial charge is 0.357 e. The average Bonchev–Trinajstić information content (AvgIpc) is 3.01. The van der Waals surface area contributed by atoms with Gasteiger partial charge in [-0.05, 0) is 30.9 Å². The molecule has 3 rings (SSSR count). The molecule has 0 radical (unpaired) electrons. The van der Waals surface area contributed by atoms with Crippen molar-refractivity contribution >= 4 is 5.78 Å². The van der Waals surface area contributed by atoms with E-state index in [0.717, 1.165) is 25.0 Å². The summed E-state index contributed by atoms with van der Waals surface area (Å²) in [6.45, 7) is 0.145. The molecule has 0 atom stereocenters. The number of hydrogen-bond donors (Lipinski definition) is 0. The number of nitrogens with zero attached hydrogens (tertiary/aromatic N) is 2. The number of carbonyl (C=O) groups is 1. The maximum Gasteiger partial charge on any atom is 0.251 e. The van der Waals surface area contributed by atoms with Gasteiger partial charge in [0.2, 0.25) is 0 Å². The van der Waals surface area contributed by atoms with Crippen LogP contribution >= 0.6 is 0 Å². The van der Waals surface area contributed by atoms with Crippen LogP contribution in [0.3, 0.4) is 0 Å². The second-order valence-electron chi connectivity index (χ2n) is 5.07. The number of carbonyl (C=O) groups excluding carboxylic acids is 1. The Morgan fingerprint density at radius 3 is 2.84 bits per heavy atom. The molecule has 4 nitrogen and oxygen atoms in total. The van der Waals surface area contributed by atoms with E-state index in [1.807, 2.05) is 23.9 Å². The van der Waals surface area contributed by atoms with Crippen LogP contribution in [0.2, 0.25) is 0 Å². The van der Waals surface area contributed by atoms with E-state index in [1.165, 1.54) is 5.56 Å². The first kappa shape index (κ1) is 12.0. The monoisotopic (exact) mass is 256 g/mol. The van der Waals surface area contributed by atoms with Gasteiger partial charge in [-0.15, -0.1) is 0 Å². The third kappa shape index (κ3) is 2.14. The minimum atomic E-state index is -0.0788. The Hall–Kier alpha value is -2.10. The smallest absolute Gasteiger partial charge is 0.251 e. The first-order valence-electron chi connectivity index (χ1n) is 6.52. The molecule has 1 aliphatic rings. The molecule has 2 heterocycles. The standard InChI is InChI=1S/C15H16N2O2/c1-16-8-7-12(9-16)14(18)10-17-13-4-2-3-11(13)5-6-15(17)19/h5-9H,2-4,10H2,1H3. The van der Waals surface area contributed by atoms with Crippen LogP contribution in [0.5, 0.6) is 0 Å². The predicted octanol–water partition coefficient (Wildman–Crippen LogP) is 1.56. The minimum absolute atomic E-state index is 0.0111. The number of ketones is 1. The lowest BCUT2D eigenvalue weighted by Crippen LogP contribution is -2.26. The second-order valence-corrected chi connectivity index (χ2v) is 5.07. The Labute approximate surface area is 111 Å². The van der Waals surface area contributed by atoms with Gasteiger partial charge in [-0.3, -0.25) is 9.59 Å². The van der Waals surface area contributed by atoms with Crippen molar-refractivity contribution in [3.8, 4) is 0 Å². The molecule has 0 amide bonds. The molecule has 0 saturated carbocycles. The number of pyridine rings is 1. The molecule has 98 valence electrons. The molecule has 0 fully saturated rings. The summed E-state index contributed by atoms with van der Waals surface area (Å²) in [5.41, 5.74) is 2.83. The Balaban J connectivity index is 1.94. The first-order valence-corrected chi connectivity index (χ1v) is 6.52. The van der Waals surface area contributed by atoms with E-state index in [-0.39, 0.29) is 17.9 Å². The van der Waals surface area contributed by atoms with Crippen LogP contribution in [0.4, 0.5) is 0 Å². The van der Waals surface area contributed by atoms with Crippen molar-refractivity contribution in [2.75, 3.05) is 0 Å². The number of Topliss-reactive ketones (excluding diaryl/α,β-unsaturated/α-hetero) is 1. The summed E-state index contributed by atoms with van der Waals surface area (Å²) in [5, 5.41) is 0. The minimum Gasteiger partial charge on any atom is -0.357 e. The molecule has 2 aromatic heterocycles. The lowest BCUT2D eigenvalue weighted by Gasteiger charge is -2.10. The molecule has 2 aromatic rings. The van der Waals surface area contributed by atoms with Crippen LogP contribution in [-0.2, 0) is 26.4 Å². The highest BCUT2D eigenvalue weighted by atomic mass is 16.1. The lowest BCUT2D eigenvalue weighted by molar-refractivity contribution is 0.0970. The van der Waals surface area contributed by atoms with Crippen LogP contribution in [0.15, 0.2) is 35.4 Å². The molecule has 0 N–H and O–H groups in total. The zero-order valence-electron chi connectivity index (χ0n) is 10.9. The summed E-state index contributed by atoms with van der Waals surface area (Å²) in [4.78, 5) is 24.2. The molecule has 0 aromatic carbocycles. The molecule has 0 saturated heterocycles. The number of rotatable bonds is 3. The topological polar surface area (TPSA) is 44.0 Å². The Morgan fingerprint density at radius 1 is 1.26 bits per heavy atom. The van der Waals surface area contributed by atoms with E-state index in [2.05, 4.69) is 0 Å². The van der Waals surface area contributed by atoms with Gasteiger partial charge < -0.3 is 9.13 Å². The maximum atomic E-state index is 12.2. The third-order valence-corrected chi connectivity index (χ3v) is 3.70. The number of aryl methyl sites for hydroxylation is 2. The van der Waals surface area contributed by atoms with Gasteiger partial charge in [0.05, 0.1) is 6.54 Å². The van der Waals surface area contributed by atoms with E-state index < -0.39 is 0 Å².